The van der Waals surface area contributed by atoms with Gasteiger partial charge in [-0.15, -0.1) is 0 Å². The highest BCUT2D eigenvalue weighted by molar-refractivity contribution is 5.14. The van der Waals surface area contributed by atoms with E-state index in [1.807, 2.05) is 0 Å². The lowest BCUT2D eigenvalue weighted by Gasteiger charge is -2.39. The molecular formula is C16H29N. The van der Waals surface area contributed by atoms with E-state index >= 15 is 0 Å². The van der Waals surface area contributed by atoms with Crippen molar-refractivity contribution in [2.24, 2.45) is 17.8 Å². The van der Waals surface area contributed by atoms with Crippen molar-refractivity contribution in [3.05, 3.63) is 11.6 Å². The number of hydrogen-bond acceptors (Lipinski definition) is 1. The Hall–Kier alpha value is -0.300. The first kappa shape index (κ1) is 13.1. The SMILES string of the molecule is CCCNCC1CC(C2=CCC(CC)CC2)C1. The molecule has 1 N–H and O–H groups in total. The van der Waals surface area contributed by atoms with Crippen LogP contribution in [0.15, 0.2) is 11.6 Å². The molecule has 98 valence electrons. The van der Waals surface area contributed by atoms with Gasteiger partial charge in [-0.25, -0.2) is 0 Å². The Morgan fingerprint density at radius 2 is 2.06 bits per heavy atom. The Kier molecular flexibility index (Phi) is 5.09. The third-order valence-electron chi connectivity index (χ3n) is 4.75. The van der Waals surface area contributed by atoms with Gasteiger partial charge in [-0.2, -0.15) is 0 Å². The van der Waals surface area contributed by atoms with Gasteiger partial charge < -0.3 is 5.32 Å². The molecule has 0 amide bonds. The monoisotopic (exact) mass is 235 g/mol. The molecule has 1 nitrogen and oxygen atoms in total. The summed E-state index contributed by atoms with van der Waals surface area (Å²) in [6.45, 7) is 7.03. The summed E-state index contributed by atoms with van der Waals surface area (Å²) >= 11 is 0. The molecule has 0 spiro atoms. The molecular weight excluding hydrogens is 206 g/mol. The standard InChI is InChI=1S/C16H29N/c1-3-9-17-12-14-10-16(11-14)15-7-5-13(4-2)6-8-15/h7,13-14,16-17H,3-6,8-12H2,1-2H3. The third kappa shape index (κ3) is 3.58. The van der Waals surface area contributed by atoms with E-state index in [1.54, 1.807) is 5.57 Å². The smallest absolute Gasteiger partial charge is 0.00201 e. The van der Waals surface area contributed by atoms with Gasteiger partial charge in [0, 0.05) is 0 Å². The quantitative estimate of drug-likeness (QED) is 0.539. The minimum absolute atomic E-state index is 0.959. The molecule has 0 aromatic carbocycles. The van der Waals surface area contributed by atoms with E-state index in [0.29, 0.717) is 0 Å². The average Bonchev–Trinajstić information content (AvgIpc) is 2.32. The van der Waals surface area contributed by atoms with Crippen molar-refractivity contribution in [3.63, 3.8) is 0 Å². The van der Waals surface area contributed by atoms with Gasteiger partial charge in [-0.3, -0.25) is 0 Å². The summed E-state index contributed by atoms with van der Waals surface area (Å²) in [5.41, 5.74) is 1.81. The van der Waals surface area contributed by atoms with E-state index in [9.17, 15) is 0 Å². The minimum atomic E-state index is 0.959. The summed E-state index contributed by atoms with van der Waals surface area (Å²) in [6, 6.07) is 0. The topological polar surface area (TPSA) is 12.0 Å². The van der Waals surface area contributed by atoms with Crippen molar-refractivity contribution >= 4 is 0 Å². The molecule has 1 unspecified atom stereocenters. The highest BCUT2D eigenvalue weighted by atomic mass is 14.9. The van der Waals surface area contributed by atoms with Crippen LogP contribution in [0.4, 0.5) is 0 Å². The summed E-state index contributed by atoms with van der Waals surface area (Å²) in [5, 5.41) is 3.56. The van der Waals surface area contributed by atoms with Crippen LogP contribution in [0.2, 0.25) is 0 Å². The molecule has 2 aliphatic carbocycles. The van der Waals surface area contributed by atoms with Crippen LogP contribution in [0.1, 0.15) is 58.8 Å². The van der Waals surface area contributed by atoms with E-state index in [0.717, 1.165) is 17.8 Å². The summed E-state index contributed by atoms with van der Waals surface area (Å²) in [7, 11) is 0. The second-order valence-electron chi connectivity index (χ2n) is 6.07. The predicted octanol–water partition coefficient (Wildman–Crippen LogP) is 4.15. The van der Waals surface area contributed by atoms with Gasteiger partial charge in [0.15, 0.2) is 0 Å². The predicted molar refractivity (Wildman–Crippen MR) is 75.1 cm³/mol. The van der Waals surface area contributed by atoms with Crippen LogP contribution in [0.3, 0.4) is 0 Å². The number of nitrogens with one attached hydrogen (secondary N) is 1. The lowest BCUT2D eigenvalue weighted by Crippen LogP contribution is -2.34. The highest BCUT2D eigenvalue weighted by Gasteiger charge is 2.32. The van der Waals surface area contributed by atoms with E-state index in [2.05, 4.69) is 25.2 Å². The molecule has 1 atom stereocenters. The Bertz CT molecular complexity index is 250. The van der Waals surface area contributed by atoms with E-state index in [-0.39, 0.29) is 0 Å². The zero-order valence-corrected chi connectivity index (χ0v) is 11.7. The average molecular weight is 235 g/mol. The molecule has 17 heavy (non-hydrogen) atoms. The molecule has 0 bridgehead atoms. The molecule has 0 radical (unpaired) electrons. The van der Waals surface area contributed by atoms with Crippen molar-refractivity contribution in [3.8, 4) is 0 Å². The van der Waals surface area contributed by atoms with Crippen molar-refractivity contribution in [1.82, 2.24) is 5.32 Å². The molecule has 2 rings (SSSR count). The van der Waals surface area contributed by atoms with Gasteiger partial charge in [-0.1, -0.05) is 31.9 Å². The third-order valence-corrected chi connectivity index (χ3v) is 4.75. The Morgan fingerprint density at radius 1 is 1.24 bits per heavy atom. The first-order valence-corrected chi connectivity index (χ1v) is 7.73. The maximum absolute atomic E-state index is 3.56. The Labute approximate surface area is 107 Å². The summed E-state index contributed by atoms with van der Waals surface area (Å²) in [4.78, 5) is 0. The maximum Gasteiger partial charge on any atom is -0.00201 e. The van der Waals surface area contributed by atoms with Crippen molar-refractivity contribution in [1.29, 1.82) is 0 Å². The molecule has 0 aromatic rings. The fraction of sp³-hybridized carbons (Fsp3) is 0.875. The van der Waals surface area contributed by atoms with Crippen LogP contribution < -0.4 is 5.32 Å². The molecule has 0 aliphatic heterocycles. The van der Waals surface area contributed by atoms with Gasteiger partial charge in [0.25, 0.3) is 0 Å². The largest absolute Gasteiger partial charge is 0.316 e. The van der Waals surface area contributed by atoms with Gasteiger partial charge in [-0.05, 0) is 69.4 Å². The first-order chi connectivity index (χ1) is 8.33. The van der Waals surface area contributed by atoms with Crippen LogP contribution >= 0.6 is 0 Å². The lowest BCUT2D eigenvalue weighted by molar-refractivity contribution is 0.211. The van der Waals surface area contributed by atoms with Gasteiger partial charge in [0.1, 0.15) is 0 Å². The fourth-order valence-electron chi connectivity index (χ4n) is 3.34. The summed E-state index contributed by atoms with van der Waals surface area (Å²) in [5.74, 6) is 2.92. The first-order valence-electron chi connectivity index (χ1n) is 7.73. The zero-order chi connectivity index (χ0) is 12.1. The molecule has 1 saturated carbocycles. The van der Waals surface area contributed by atoms with Gasteiger partial charge in [0.05, 0.1) is 0 Å². The number of allylic oxidation sites excluding steroid dienone is 2. The van der Waals surface area contributed by atoms with Crippen LogP contribution in [0.5, 0.6) is 0 Å². The molecule has 2 aliphatic rings. The van der Waals surface area contributed by atoms with Crippen LogP contribution in [-0.4, -0.2) is 13.1 Å². The normalized spacial score (nSPS) is 33.1. The van der Waals surface area contributed by atoms with Crippen molar-refractivity contribution < 1.29 is 0 Å². The van der Waals surface area contributed by atoms with Crippen LogP contribution in [0.25, 0.3) is 0 Å². The molecule has 1 fully saturated rings. The molecule has 0 aromatic heterocycles. The zero-order valence-electron chi connectivity index (χ0n) is 11.7. The van der Waals surface area contributed by atoms with E-state index in [1.165, 1.54) is 58.0 Å². The van der Waals surface area contributed by atoms with Gasteiger partial charge >= 0.3 is 0 Å². The number of hydrogen-bond donors (Lipinski definition) is 1. The lowest BCUT2D eigenvalue weighted by atomic mass is 9.68. The molecule has 1 heteroatoms. The molecule has 0 heterocycles. The summed E-state index contributed by atoms with van der Waals surface area (Å²) in [6.07, 6.45) is 12.4. The van der Waals surface area contributed by atoms with Gasteiger partial charge in [0.2, 0.25) is 0 Å². The van der Waals surface area contributed by atoms with Crippen LogP contribution in [0, 0.1) is 17.8 Å². The maximum atomic E-state index is 3.56. The minimum Gasteiger partial charge on any atom is -0.316 e. The van der Waals surface area contributed by atoms with Crippen molar-refractivity contribution in [2.45, 2.75) is 58.8 Å². The fourth-order valence-corrected chi connectivity index (χ4v) is 3.34. The van der Waals surface area contributed by atoms with E-state index in [4.69, 9.17) is 0 Å². The van der Waals surface area contributed by atoms with Crippen molar-refractivity contribution in [2.75, 3.05) is 13.1 Å². The number of rotatable bonds is 6. The highest BCUT2D eigenvalue weighted by Crippen LogP contribution is 2.42. The second kappa shape index (κ2) is 6.58. The van der Waals surface area contributed by atoms with E-state index < -0.39 is 0 Å². The Morgan fingerprint density at radius 3 is 2.65 bits per heavy atom. The second-order valence-corrected chi connectivity index (χ2v) is 6.07. The van der Waals surface area contributed by atoms with Crippen LogP contribution in [-0.2, 0) is 0 Å². The summed E-state index contributed by atoms with van der Waals surface area (Å²) < 4.78 is 0. The Balaban J connectivity index is 1.64. The molecule has 0 saturated heterocycles.